The van der Waals surface area contributed by atoms with Crippen LogP contribution in [0.4, 0.5) is 0 Å². The van der Waals surface area contributed by atoms with Crippen LogP contribution in [0.1, 0.15) is 45.6 Å². The van der Waals surface area contributed by atoms with Crippen molar-refractivity contribution in [2.24, 2.45) is 5.41 Å². The minimum absolute atomic E-state index is 0.398. The molecule has 20 heavy (non-hydrogen) atoms. The van der Waals surface area contributed by atoms with E-state index in [-0.39, 0.29) is 0 Å². The molecule has 0 amide bonds. The van der Waals surface area contributed by atoms with Crippen LogP contribution < -0.4 is 10.1 Å². The van der Waals surface area contributed by atoms with Crippen molar-refractivity contribution in [1.82, 2.24) is 5.32 Å². The Morgan fingerprint density at radius 3 is 2.70 bits per heavy atom. The van der Waals surface area contributed by atoms with Crippen molar-refractivity contribution in [1.29, 1.82) is 0 Å². The summed E-state index contributed by atoms with van der Waals surface area (Å²) < 4.78 is 7.87. The number of hydrogen-bond acceptors (Lipinski definition) is 2. The summed E-state index contributed by atoms with van der Waals surface area (Å²) in [5, 5.41) is 3.72. The molecule has 0 bridgehead atoms. The number of nitrogens with one attached hydrogen (secondary N) is 1. The second-order valence-electron chi connectivity index (χ2n) is 6.12. The van der Waals surface area contributed by atoms with E-state index in [2.05, 4.69) is 57.1 Å². The maximum absolute atomic E-state index is 5.78. The molecule has 2 rings (SSSR count). The SMILES string of the molecule is CCOc1c(Br)cc(Br)cc1CNC1CCCC1(C)C. The molecule has 1 N–H and O–H groups in total. The number of halogens is 2. The van der Waals surface area contributed by atoms with Gasteiger partial charge in [0.1, 0.15) is 5.75 Å². The first-order valence-corrected chi connectivity index (χ1v) is 8.86. The molecule has 1 aliphatic carbocycles. The molecule has 1 aliphatic rings. The van der Waals surface area contributed by atoms with Gasteiger partial charge in [0.2, 0.25) is 0 Å². The fourth-order valence-electron chi connectivity index (χ4n) is 2.99. The first kappa shape index (κ1) is 16.3. The van der Waals surface area contributed by atoms with Crippen molar-refractivity contribution in [3.05, 3.63) is 26.6 Å². The van der Waals surface area contributed by atoms with Crippen LogP contribution in [-0.2, 0) is 6.54 Å². The zero-order chi connectivity index (χ0) is 14.8. The molecule has 1 fully saturated rings. The van der Waals surface area contributed by atoms with E-state index < -0.39 is 0 Å². The largest absolute Gasteiger partial charge is 0.492 e. The first-order valence-electron chi connectivity index (χ1n) is 7.28. The van der Waals surface area contributed by atoms with Crippen molar-refractivity contribution in [3.63, 3.8) is 0 Å². The van der Waals surface area contributed by atoms with Gasteiger partial charge in [-0.25, -0.2) is 0 Å². The van der Waals surface area contributed by atoms with E-state index in [0.717, 1.165) is 21.2 Å². The molecule has 1 aromatic rings. The summed E-state index contributed by atoms with van der Waals surface area (Å²) in [6, 6.07) is 4.77. The number of benzene rings is 1. The maximum atomic E-state index is 5.78. The summed E-state index contributed by atoms with van der Waals surface area (Å²) in [5.74, 6) is 0.957. The summed E-state index contributed by atoms with van der Waals surface area (Å²) in [6.07, 6.45) is 3.91. The first-order chi connectivity index (χ1) is 9.44. The van der Waals surface area contributed by atoms with Gasteiger partial charge in [-0.1, -0.05) is 36.2 Å². The standard InChI is InChI=1S/C16H23Br2NO/c1-4-20-15-11(8-12(17)9-13(15)18)10-19-14-6-5-7-16(14,2)3/h8-9,14,19H,4-7,10H2,1-3H3. The van der Waals surface area contributed by atoms with Crippen molar-refractivity contribution in [2.45, 2.75) is 52.6 Å². The maximum Gasteiger partial charge on any atom is 0.138 e. The Bertz CT molecular complexity index is 474. The lowest BCUT2D eigenvalue weighted by Crippen LogP contribution is -2.37. The molecule has 1 unspecified atom stereocenters. The van der Waals surface area contributed by atoms with Gasteiger partial charge in [0.25, 0.3) is 0 Å². The van der Waals surface area contributed by atoms with E-state index in [1.807, 2.05) is 13.0 Å². The predicted octanol–water partition coefficient (Wildman–Crippen LogP) is 5.28. The smallest absolute Gasteiger partial charge is 0.138 e. The van der Waals surface area contributed by atoms with Crippen molar-refractivity contribution < 1.29 is 4.74 Å². The molecule has 0 heterocycles. The molecule has 1 aromatic carbocycles. The predicted molar refractivity (Wildman–Crippen MR) is 91.3 cm³/mol. The Hall–Kier alpha value is -0.0600. The fourth-order valence-corrected chi connectivity index (χ4v) is 4.42. The lowest BCUT2D eigenvalue weighted by Gasteiger charge is -2.28. The van der Waals surface area contributed by atoms with Gasteiger partial charge in [-0.05, 0) is 53.2 Å². The fraction of sp³-hybridized carbons (Fsp3) is 0.625. The summed E-state index contributed by atoms with van der Waals surface area (Å²) in [5.41, 5.74) is 1.60. The van der Waals surface area contributed by atoms with Crippen molar-refractivity contribution >= 4 is 31.9 Å². The summed E-state index contributed by atoms with van der Waals surface area (Å²) in [7, 11) is 0. The van der Waals surface area contributed by atoms with Crippen LogP contribution in [0.2, 0.25) is 0 Å². The van der Waals surface area contributed by atoms with E-state index in [9.17, 15) is 0 Å². The molecule has 1 saturated carbocycles. The van der Waals surface area contributed by atoms with Gasteiger partial charge in [0, 0.05) is 22.6 Å². The molecule has 0 spiro atoms. The Labute approximate surface area is 138 Å². The van der Waals surface area contributed by atoms with Crippen molar-refractivity contribution in [3.8, 4) is 5.75 Å². The van der Waals surface area contributed by atoms with Gasteiger partial charge in [0.05, 0.1) is 11.1 Å². The topological polar surface area (TPSA) is 21.3 Å². The highest BCUT2D eigenvalue weighted by molar-refractivity contribution is 9.11. The van der Waals surface area contributed by atoms with Crippen LogP contribution in [0, 0.1) is 5.41 Å². The quantitative estimate of drug-likeness (QED) is 0.720. The second kappa shape index (κ2) is 6.80. The third kappa shape index (κ3) is 3.77. The lowest BCUT2D eigenvalue weighted by molar-refractivity contribution is 0.279. The van der Waals surface area contributed by atoms with Gasteiger partial charge >= 0.3 is 0 Å². The molecular formula is C16H23Br2NO. The summed E-state index contributed by atoms with van der Waals surface area (Å²) in [4.78, 5) is 0. The molecule has 0 aromatic heterocycles. The highest BCUT2D eigenvalue weighted by Crippen LogP contribution is 2.38. The zero-order valence-electron chi connectivity index (χ0n) is 12.4. The molecule has 0 saturated heterocycles. The summed E-state index contributed by atoms with van der Waals surface area (Å²) in [6.45, 7) is 8.27. The van der Waals surface area contributed by atoms with Gasteiger partial charge in [0.15, 0.2) is 0 Å². The third-order valence-corrected chi connectivity index (χ3v) is 5.22. The summed E-state index contributed by atoms with van der Waals surface area (Å²) >= 11 is 7.15. The minimum Gasteiger partial charge on any atom is -0.492 e. The number of ether oxygens (including phenoxy) is 1. The number of rotatable bonds is 5. The Balaban J connectivity index is 2.12. The molecule has 0 radical (unpaired) electrons. The molecule has 4 heteroatoms. The van der Waals surface area contributed by atoms with Crippen LogP contribution in [0.25, 0.3) is 0 Å². The van der Waals surface area contributed by atoms with Gasteiger partial charge < -0.3 is 10.1 Å². The third-order valence-electron chi connectivity index (χ3n) is 4.17. The van der Waals surface area contributed by atoms with E-state index in [1.165, 1.54) is 24.8 Å². The van der Waals surface area contributed by atoms with Crippen LogP contribution in [0.5, 0.6) is 5.75 Å². The number of hydrogen-bond donors (Lipinski definition) is 1. The van der Waals surface area contributed by atoms with Crippen LogP contribution in [-0.4, -0.2) is 12.6 Å². The molecule has 112 valence electrons. The van der Waals surface area contributed by atoms with E-state index in [1.54, 1.807) is 0 Å². The Morgan fingerprint density at radius 2 is 2.10 bits per heavy atom. The van der Waals surface area contributed by atoms with Crippen LogP contribution >= 0.6 is 31.9 Å². The molecule has 0 aliphatic heterocycles. The van der Waals surface area contributed by atoms with Crippen LogP contribution in [0.15, 0.2) is 21.1 Å². The molecule has 2 nitrogen and oxygen atoms in total. The van der Waals surface area contributed by atoms with Gasteiger partial charge in [-0.15, -0.1) is 0 Å². The second-order valence-corrected chi connectivity index (χ2v) is 7.89. The molecule has 1 atom stereocenters. The van der Waals surface area contributed by atoms with Crippen molar-refractivity contribution in [2.75, 3.05) is 6.61 Å². The lowest BCUT2D eigenvalue weighted by atomic mass is 9.87. The van der Waals surface area contributed by atoms with E-state index in [4.69, 9.17) is 4.74 Å². The van der Waals surface area contributed by atoms with E-state index in [0.29, 0.717) is 18.1 Å². The van der Waals surface area contributed by atoms with Gasteiger partial charge in [-0.2, -0.15) is 0 Å². The molecular weight excluding hydrogens is 382 g/mol. The highest BCUT2D eigenvalue weighted by atomic mass is 79.9. The van der Waals surface area contributed by atoms with Crippen LogP contribution in [0.3, 0.4) is 0 Å². The van der Waals surface area contributed by atoms with E-state index >= 15 is 0 Å². The Morgan fingerprint density at radius 1 is 1.35 bits per heavy atom. The monoisotopic (exact) mass is 403 g/mol. The van der Waals surface area contributed by atoms with Gasteiger partial charge in [-0.3, -0.25) is 0 Å². The minimum atomic E-state index is 0.398. The normalized spacial score (nSPS) is 21.1. The average molecular weight is 405 g/mol. The zero-order valence-corrected chi connectivity index (χ0v) is 15.6. The highest BCUT2D eigenvalue weighted by Gasteiger charge is 2.33. The average Bonchev–Trinajstić information content (AvgIpc) is 2.69. The Kier molecular flexibility index (Phi) is 5.55.